The van der Waals surface area contributed by atoms with Crippen molar-refractivity contribution in [3.8, 4) is 0 Å². The Balaban J connectivity index is 1.93. The van der Waals surface area contributed by atoms with Crippen LogP contribution in [0.1, 0.15) is 53.4 Å². The molecule has 3 saturated carbocycles. The molecule has 7 atom stereocenters. The van der Waals surface area contributed by atoms with Crippen molar-refractivity contribution in [1.29, 1.82) is 0 Å². The molecule has 8 nitrogen and oxygen atoms in total. The predicted octanol–water partition coefficient (Wildman–Crippen LogP) is 1.97. The average Bonchev–Trinajstić information content (AvgIpc) is 2.88. The number of hydrogen-bond donors (Lipinski definition) is 1. The Bertz CT molecular complexity index is 890. The summed E-state index contributed by atoms with van der Waals surface area (Å²) >= 11 is 0. The van der Waals surface area contributed by atoms with Crippen molar-refractivity contribution in [2.45, 2.75) is 65.6 Å². The fourth-order valence-corrected chi connectivity index (χ4v) is 7.31. The lowest BCUT2D eigenvalue weighted by molar-refractivity contribution is -0.264. The monoisotopic (exact) mass is 448 g/mol. The minimum Gasteiger partial charge on any atom is -0.466 e. The molecule has 0 unspecified atom stereocenters. The highest BCUT2D eigenvalue weighted by Gasteiger charge is 2.76. The van der Waals surface area contributed by atoms with Gasteiger partial charge >= 0.3 is 17.9 Å². The molecule has 1 saturated heterocycles. The summed E-state index contributed by atoms with van der Waals surface area (Å²) in [5.41, 5.74) is -2.69. The van der Waals surface area contributed by atoms with Gasteiger partial charge in [-0.2, -0.15) is 0 Å². The van der Waals surface area contributed by atoms with Gasteiger partial charge < -0.3 is 19.3 Å². The molecule has 0 aromatic rings. The molecule has 1 N–H and O–H groups in total. The third-order valence-corrected chi connectivity index (χ3v) is 8.60. The van der Waals surface area contributed by atoms with Crippen LogP contribution in [-0.4, -0.2) is 54.2 Å². The highest BCUT2D eigenvalue weighted by Crippen LogP contribution is 2.68. The molecule has 0 aromatic heterocycles. The fourth-order valence-electron chi connectivity index (χ4n) is 7.31. The number of aliphatic hydroxyl groups excluding tert-OH is 1. The minimum absolute atomic E-state index is 0.00944. The first-order valence-corrected chi connectivity index (χ1v) is 11.3. The zero-order valence-corrected chi connectivity index (χ0v) is 19.1. The molecule has 176 valence electrons. The number of aliphatic hydroxyl groups is 1. The van der Waals surface area contributed by atoms with Gasteiger partial charge in [-0.15, -0.1) is 0 Å². The summed E-state index contributed by atoms with van der Waals surface area (Å²) in [7, 11) is 0. The van der Waals surface area contributed by atoms with Gasteiger partial charge in [0, 0.05) is 25.7 Å². The van der Waals surface area contributed by atoms with Crippen LogP contribution < -0.4 is 0 Å². The number of cyclic esters (lactones) is 1. The molecule has 32 heavy (non-hydrogen) atoms. The van der Waals surface area contributed by atoms with E-state index in [2.05, 4.69) is 6.58 Å². The molecular formula is C24H32O8. The van der Waals surface area contributed by atoms with E-state index in [0.29, 0.717) is 24.8 Å². The maximum Gasteiger partial charge on any atom is 0.320 e. The van der Waals surface area contributed by atoms with E-state index in [1.165, 1.54) is 13.8 Å². The third kappa shape index (κ3) is 2.98. The number of ketones is 1. The Labute approximate surface area is 187 Å². The molecule has 8 heteroatoms. The first-order chi connectivity index (χ1) is 14.9. The highest BCUT2D eigenvalue weighted by molar-refractivity contribution is 6.15. The summed E-state index contributed by atoms with van der Waals surface area (Å²) in [5.74, 6) is -3.50. The molecule has 4 rings (SSSR count). The molecule has 4 aliphatic rings. The Hall–Kier alpha value is -2.22. The average molecular weight is 449 g/mol. The number of esters is 3. The zero-order chi connectivity index (χ0) is 23.6. The van der Waals surface area contributed by atoms with E-state index in [1.54, 1.807) is 0 Å². The molecule has 0 aromatic carbocycles. The van der Waals surface area contributed by atoms with Crippen LogP contribution in [0.4, 0.5) is 0 Å². The largest absolute Gasteiger partial charge is 0.466 e. The summed E-state index contributed by atoms with van der Waals surface area (Å²) in [6, 6.07) is 0. The summed E-state index contributed by atoms with van der Waals surface area (Å²) in [6.07, 6.45) is 0.0116. The molecule has 1 aliphatic heterocycles. The van der Waals surface area contributed by atoms with Gasteiger partial charge in [0.25, 0.3) is 0 Å². The van der Waals surface area contributed by atoms with Gasteiger partial charge in [0.1, 0.15) is 18.1 Å². The first kappa shape index (κ1) is 23.0. The summed E-state index contributed by atoms with van der Waals surface area (Å²) < 4.78 is 17.0. The van der Waals surface area contributed by atoms with Crippen LogP contribution in [0, 0.1) is 34.0 Å². The van der Waals surface area contributed by atoms with E-state index >= 15 is 0 Å². The van der Waals surface area contributed by atoms with Crippen LogP contribution in [0.3, 0.4) is 0 Å². The third-order valence-electron chi connectivity index (χ3n) is 8.60. The number of Topliss-reactive ketones (excluding diaryl/α,β-unsaturated/α-hetero) is 1. The Morgan fingerprint density at radius 1 is 1.22 bits per heavy atom. The molecule has 2 bridgehead atoms. The number of hydrogen-bond acceptors (Lipinski definition) is 8. The number of carbonyl (C=O) groups is 4. The van der Waals surface area contributed by atoms with Crippen molar-refractivity contribution >= 4 is 23.7 Å². The van der Waals surface area contributed by atoms with E-state index in [1.807, 2.05) is 13.8 Å². The van der Waals surface area contributed by atoms with E-state index < -0.39 is 58.2 Å². The molecule has 0 amide bonds. The van der Waals surface area contributed by atoms with Gasteiger partial charge in [-0.3, -0.25) is 19.2 Å². The van der Waals surface area contributed by atoms with Gasteiger partial charge in [0.2, 0.25) is 0 Å². The fraction of sp³-hybridized carbons (Fsp3) is 0.750. The van der Waals surface area contributed by atoms with Gasteiger partial charge in [-0.25, -0.2) is 0 Å². The zero-order valence-electron chi connectivity index (χ0n) is 19.1. The molecule has 3 aliphatic carbocycles. The van der Waals surface area contributed by atoms with Crippen molar-refractivity contribution in [3.63, 3.8) is 0 Å². The number of carbonyl (C=O) groups excluding carboxylic acids is 4. The van der Waals surface area contributed by atoms with Crippen LogP contribution in [0.25, 0.3) is 0 Å². The van der Waals surface area contributed by atoms with Crippen molar-refractivity contribution in [1.82, 2.24) is 0 Å². The number of fused-ring (bicyclic) bond motifs is 2. The predicted molar refractivity (Wildman–Crippen MR) is 111 cm³/mol. The number of allylic oxidation sites excluding steroid dienone is 1. The van der Waals surface area contributed by atoms with Gasteiger partial charge in [0.05, 0.1) is 18.1 Å². The normalized spacial score (nSPS) is 42.3. The number of ether oxygens (including phenoxy) is 3. The number of rotatable bonds is 3. The summed E-state index contributed by atoms with van der Waals surface area (Å²) in [4.78, 5) is 50.5. The van der Waals surface area contributed by atoms with Crippen molar-refractivity contribution < 1.29 is 38.5 Å². The van der Waals surface area contributed by atoms with Gasteiger partial charge in [-0.05, 0) is 42.6 Å². The van der Waals surface area contributed by atoms with E-state index in [9.17, 15) is 24.3 Å². The molecule has 2 spiro atoms. The van der Waals surface area contributed by atoms with Crippen molar-refractivity contribution in [2.24, 2.45) is 34.0 Å². The topological polar surface area (TPSA) is 116 Å². The molecule has 0 radical (unpaired) electrons. The van der Waals surface area contributed by atoms with E-state index in [-0.39, 0.29) is 31.3 Å². The molecule has 4 fully saturated rings. The standard InChI is InChI=1S/C24H32O8/c1-12-15-8-16(27)19-23(9-15,20(12)28)21(29)31-11-24(19)17(10-30-13(2)25)22(4,5)7-6-18(24)32-14(3)26/h15-19,27H,1,6-11H2,2-5H3/t15-,16+,17-,18+,19-,23+,24+/m1/s1. The summed E-state index contributed by atoms with van der Waals surface area (Å²) in [5, 5.41) is 11.4. The second-order valence-electron chi connectivity index (χ2n) is 10.7. The van der Waals surface area contributed by atoms with E-state index in [4.69, 9.17) is 14.2 Å². The quantitative estimate of drug-likeness (QED) is 0.302. The maximum atomic E-state index is 13.5. The Morgan fingerprint density at radius 2 is 1.91 bits per heavy atom. The van der Waals surface area contributed by atoms with Crippen LogP contribution in [0.2, 0.25) is 0 Å². The van der Waals surface area contributed by atoms with Gasteiger partial charge in [0.15, 0.2) is 5.78 Å². The summed E-state index contributed by atoms with van der Waals surface area (Å²) in [6.45, 7) is 10.5. The smallest absolute Gasteiger partial charge is 0.320 e. The minimum atomic E-state index is -1.56. The second kappa shape index (κ2) is 7.40. The van der Waals surface area contributed by atoms with E-state index in [0.717, 1.165) is 0 Å². The van der Waals surface area contributed by atoms with Crippen LogP contribution >= 0.6 is 0 Å². The first-order valence-electron chi connectivity index (χ1n) is 11.3. The second-order valence-corrected chi connectivity index (χ2v) is 10.7. The van der Waals surface area contributed by atoms with Crippen LogP contribution in [0.15, 0.2) is 12.2 Å². The SMILES string of the molecule is C=C1C(=O)[C@]23C[C@H]1C[C@H](O)[C@H]2[C@]1(COC3=O)[C@@H](OC(C)=O)CCC(C)(C)[C@H]1COC(C)=O. The Morgan fingerprint density at radius 3 is 2.53 bits per heavy atom. The van der Waals surface area contributed by atoms with Crippen LogP contribution in [0.5, 0.6) is 0 Å². The lowest BCUT2D eigenvalue weighted by Gasteiger charge is -2.63. The van der Waals surface area contributed by atoms with Gasteiger partial charge in [-0.1, -0.05) is 20.4 Å². The maximum absolute atomic E-state index is 13.5. The van der Waals surface area contributed by atoms with Crippen LogP contribution in [-0.2, 0) is 33.4 Å². The molecule has 1 heterocycles. The van der Waals surface area contributed by atoms with Crippen molar-refractivity contribution in [3.05, 3.63) is 12.2 Å². The highest BCUT2D eigenvalue weighted by atomic mass is 16.6. The van der Waals surface area contributed by atoms with Crippen molar-refractivity contribution in [2.75, 3.05) is 13.2 Å². The Kier molecular flexibility index (Phi) is 5.31. The molecular weight excluding hydrogens is 416 g/mol. The lowest BCUT2D eigenvalue weighted by atomic mass is 9.43. The lowest BCUT2D eigenvalue weighted by Crippen LogP contribution is -2.71.